The molecular formula is C13H12N2O4S. The van der Waals surface area contributed by atoms with Gasteiger partial charge in [-0.2, -0.15) is 0 Å². The number of sulfone groups is 1. The molecule has 0 unspecified atom stereocenters. The van der Waals surface area contributed by atoms with E-state index < -0.39 is 9.84 Å². The number of nitrogens with zero attached hydrogens (tertiary/aromatic N) is 2. The van der Waals surface area contributed by atoms with Crippen molar-refractivity contribution >= 4 is 15.6 Å². The Balaban J connectivity index is 2.29. The Kier molecular flexibility index (Phi) is 3.80. The highest BCUT2D eigenvalue weighted by molar-refractivity contribution is 7.90. The fourth-order valence-electron chi connectivity index (χ4n) is 1.53. The zero-order valence-corrected chi connectivity index (χ0v) is 11.7. The van der Waals surface area contributed by atoms with Crippen LogP contribution in [0.1, 0.15) is 15.9 Å². The summed E-state index contributed by atoms with van der Waals surface area (Å²) in [5, 5.41) is -0.302. The topological polar surface area (TPSA) is 86.2 Å². The number of ether oxygens (including phenoxy) is 1. The first-order chi connectivity index (χ1) is 9.41. The number of aromatic nitrogens is 2. The summed E-state index contributed by atoms with van der Waals surface area (Å²) in [5.74, 6) is 0.359. The van der Waals surface area contributed by atoms with Crippen molar-refractivity contribution in [1.82, 2.24) is 9.97 Å². The first-order valence-electron chi connectivity index (χ1n) is 5.62. The van der Waals surface area contributed by atoms with Gasteiger partial charge in [-0.1, -0.05) is 0 Å². The first kappa shape index (κ1) is 14.1. The third kappa shape index (κ3) is 3.00. The van der Waals surface area contributed by atoms with Crippen LogP contribution in [0.3, 0.4) is 0 Å². The molecule has 0 saturated heterocycles. The molecule has 2 aromatic rings. The molecule has 104 valence electrons. The Bertz CT molecular complexity index is 722. The lowest BCUT2D eigenvalue weighted by atomic mass is 10.1. The molecule has 1 aromatic carbocycles. The number of benzene rings is 1. The minimum atomic E-state index is -3.47. The summed E-state index contributed by atoms with van der Waals surface area (Å²) in [7, 11) is -1.93. The summed E-state index contributed by atoms with van der Waals surface area (Å²) >= 11 is 0. The molecular weight excluding hydrogens is 280 g/mol. The van der Waals surface area contributed by atoms with Gasteiger partial charge >= 0.3 is 0 Å². The third-order valence-corrected chi connectivity index (χ3v) is 3.45. The average Bonchev–Trinajstić information content (AvgIpc) is 2.46. The molecule has 0 fully saturated rings. The highest BCUT2D eigenvalue weighted by Crippen LogP contribution is 2.14. The van der Waals surface area contributed by atoms with Gasteiger partial charge in [0.15, 0.2) is 5.78 Å². The smallest absolute Gasteiger partial charge is 0.246 e. The normalized spacial score (nSPS) is 11.1. The van der Waals surface area contributed by atoms with Gasteiger partial charge in [-0.25, -0.2) is 18.4 Å². The molecule has 0 spiro atoms. The van der Waals surface area contributed by atoms with Crippen LogP contribution in [0.5, 0.6) is 5.75 Å². The molecule has 0 amide bonds. The lowest BCUT2D eigenvalue weighted by Crippen LogP contribution is -2.07. The number of rotatable bonds is 4. The Morgan fingerprint density at radius 1 is 1.05 bits per heavy atom. The molecule has 6 nitrogen and oxygen atoms in total. The maximum absolute atomic E-state index is 12.1. The summed E-state index contributed by atoms with van der Waals surface area (Å²) in [6, 6.07) is 6.56. The fraction of sp³-hybridized carbons (Fsp3) is 0.154. The zero-order chi connectivity index (χ0) is 14.8. The van der Waals surface area contributed by atoms with Crippen LogP contribution in [0.25, 0.3) is 0 Å². The maximum atomic E-state index is 12.1. The molecule has 0 N–H and O–H groups in total. The summed E-state index contributed by atoms with van der Waals surface area (Å²) in [6.45, 7) is 0. The molecule has 1 aromatic heterocycles. The Hall–Kier alpha value is -2.28. The number of carbonyl (C=O) groups is 1. The second-order valence-corrected chi connectivity index (χ2v) is 5.99. The third-order valence-electron chi connectivity index (χ3n) is 2.57. The second-order valence-electron chi connectivity index (χ2n) is 4.08. The van der Waals surface area contributed by atoms with E-state index in [2.05, 4.69) is 9.97 Å². The van der Waals surface area contributed by atoms with Gasteiger partial charge in [0.05, 0.1) is 12.7 Å². The van der Waals surface area contributed by atoms with E-state index in [0.717, 1.165) is 6.26 Å². The molecule has 0 radical (unpaired) electrons. The minimum absolute atomic E-state index is 0.225. The Labute approximate surface area is 116 Å². The molecule has 0 aliphatic heterocycles. The van der Waals surface area contributed by atoms with Crippen molar-refractivity contribution in [1.29, 1.82) is 0 Å². The molecule has 0 bridgehead atoms. The van der Waals surface area contributed by atoms with Gasteiger partial charge in [-0.15, -0.1) is 0 Å². The Morgan fingerprint density at radius 3 is 2.05 bits per heavy atom. The zero-order valence-electron chi connectivity index (χ0n) is 10.9. The van der Waals surface area contributed by atoms with E-state index in [4.69, 9.17) is 4.74 Å². The molecule has 0 atom stereocenters. The fourth-order valence-corrected chi connectivity index (χ4v) is 2.02. The number of hydrogen-bond donors (Lipinski definition) is 0. The standard InChI is InChI=1S/C13H12N2O4S/c1-19-11-5-3-9(4-6-11)12(16)10-7-14-13(15-8-10)20(2,17)18/h3-8H,1-2H3. The monoisotopic (exact) mass is 292 g/mol. The molecule has 20 heavy (non-hydrogen) atoms. The minimum Gasteiger partial charge on any atom is -0.497 e. The number of ketones is 1. The first-order valence-corrected chi connectivity index (χ1v) is 7.52. The van der Waals surface area contributed by atoms with E-state index >= 15 is 0 Å². The van der Waals surface area contributed by atoms with Gasteiger partial charge in [0, 0.05) is 24.2 Å². The highest BCUT2D eigenvalue weighted by atomic mass is 32.2. The van der Waals surface area contributed by atoms with Crippen molar-refractivity contribution in [2.45, 2.75) is 5.16 Å². The summed E-state index contributed by atoms with van der Waals surface area (Å²) in [4.78, 5) is 19.5. The quantitative estimate of drug-likeness (QED) is 0.620. The van der Waals surface area contributed by atoms with Crippen molar-refractivity contribution in [3.05, 3.63) is 47.8 Å². The molecule has 1 heterocycles. The predicted molar refractivity (Wildman–Crippen MR) is 71.6 cm³/mol. The van der Waals surface area contributed by atoms with E-state index in [1.807, 2.05) is 0 Å². The second kappa shape index (κ2) is 5.38. The van der Waals surface area contributed by atoms with Crippen molar-refractivity contribution in [3.63, 3.8) is 0 Å². The predicted octanol–water partition coefficient (Wildman–Crippen LogP) is 1.12. The van der Waals surface area contributed by atoms with Crippen LogP contribution in [0.2, 0.25) is 0 Å². The summed E-state index contributed by atoms with van der Waals surface area (Å²) < 4.78 is 27.5. The van der Waals surface area contributed by atoms with Crippen LogP contribution >= 0.6 is 0 Å². The summed E-state index contributed by atoms with van der Waals surface area (Å²) in [5.41, 5.74) is 0.670. The van der Waals surface area contributed by atoms with Gasteiger partial charge in [0.2, 0.25) is 15.0 Å². The van der Waals surface area contributed by atoms with E-state index in [1.165, 1.54) is 19.5 Å². The SMILES string of the molecule is COc1ccc(C(=O)c2cnc(S(C)(=O)=O)nc2)cc1. The van der Waals surface area contributed by atoms with E-state index in [-0.39, 0.29) is 16.5 Å². The lowest BCUT2D eigenvalue weighted by molar-refractivity contribution is 0.103. The van der Waals surface area contributed by atoms with Crippen molar-refractivity contribution in [3.8, 4) is 5.75 Å². The van der Waals surface area contributed by atoms with Crippen LogP contribution < -0.4 is 4.74 Å². The van der Waals surface area contributed by atoms with Crippen LogP contribution in [0.15, 0.2) is 41.8 Å². The Morgan fingerprint density at radius 2 is 1.60 bits per heavy atom. The van der Waals surface area contributed by atoms with Crippen LogP contribution in [0.4, 0.5) is 0 Å². The van der Waals surface area contributed by atoms with Crippen molar-refractivity contribution < 1.29 is 17.9 Å². The summed E-state index contributed by atoms with van der Waals surface area (Å²) in [6.07, 6.45) is 3.42. The van der Waals surface area contributed by atoms with Crippen LogP contribution in [-0.4, -0.2) is 37.5 Å². The number of carbonyl (C=O) groups excluding carboxylic acids is 1. The molecule has 7 heteroatoms. The molecule has 2 rings (SSSR count). The lowest BCUT2D eigenvalue weighted by Gasteiger charge is -2.03. The highest BCUT2D eigenvalue weighted by Gasteiger charge is 2.14. The van der Waals surface area contributed by atoms with Gasteiger partial charge in [-0.3, -0.25) is 4.79 Å². The number of methoxy groups -OCH3 is 1. The maximum Gasteiger partial charge on any atom is 0.246 e. The largest absolute Gasteiger partial charge is 0.497 e. The van der Waals surface area contributed by atoms with Gasteiger partial charge in [0.25, 0.3) is 0 Å². The average molecular weight is 292 g/mol. The van der Waals surface area contributed by atoms with Crippen molar-refractivity contribution in [2.24, 2.45) is 0 Å². The van der Waals surface area contributed by atoms with E-state index in [9.17, 15) is 13.2 Å². The van der Waals surface area contributed by atoms with E-state index in [0.29, 0.717) is 11.3 Å². The van der Waals surface area contributed by atoms with Crippen molar-refractivity contribution in [2.75, 3.05) is 13.4 Å². The van der Waals surface area contributed by atoms with Gasteiger partial charge < -0.3 is 4.74 Å². The molecule has 0 saturated carbocycles. The molecule has 0 aliphatic carbocycles. The van der Waals surface area contributed by atoms with Gasteiger partial charge in [0.1, 0.15) is 5.75 Å². The number of hydrogen-bond acceptors (Lipinski definition) is 6. The van der Waals surface area contributed by atoms with E-state index in [1.54, 1.807) is 24.3 Å². The van der Waals surface area contributed by atoms with Crippen LogP contribution in [0, 0.1) is 0 Å². The van der Waals surface area contributed by atoms with Gasteiger partial charge in [-0.05, 0) is 24.3 Å². The van der Waals surface area contributed by atoms with Crippen LogP contribution in [-0.2, 0) is 9.84 Å². The molecule has 0 aliphatic rings.